The highest BCUT2D eigenvalue weighted by Gasteiger charge is 2.27. The van der Waals surface area contributed by atoms with Crippen LogP contribution < -0.4 is 5.32 Å². The van der Waals surface area contributed by atoms with Crippen molar-refractivity contribution in [2.24, 2.45) is 0 Å². The van der Waals surface area contributed by atoms with E-state index in [1.54, 1.807) is 6.08 Å². The molecule has 0 saturated carbocycles. The molecule has 0 aromatic rings. The fourth-order valence-corrected chi connectivity index (χ4v) is 5.75. The normalized spacial score (nSPS) is 15.1. The number of carbonyl (C=O) groups excluding carboxylic acids is 1. The van der Waals surface area contributed by atoms with Gasteiger partial charge in [-0.1, -0.05) is 134 Å². The molecule has 0 radical (unpaired) electrons. The van der Waals surface area contributed by atoms with Gasteiger partial charge in [0.15, 0.2) is 0 Å². The van der Waals surface area contributed by atoms with Gasteiger partial charge in [0.25, 0.3) is 0 Å². The number of hydrogen-bond donors (Lipinski definition) is 3. The monoisotopic (exact) mass is 686 g/mol. The molecule has 0 aromatic carbocycles. The zero-order valence-electron chi connectivity index (χ0n) is 31.0. The molecule has 0 aliphatic heterocycles. The molecule has 0 fully saturated rings. The van der Waals surface area contributed by atoms with Crippen molar-refractivity contribution in [3.63, 3.8) is 0 Å². The van der Waals surface area contributed by atoms with Gasteiger partial charge < -0.3 is 19.8 Å². The van der Waals surface area contributed by atoms with Crippen LogP contribution in [0.15, 0.2) is 36.5 Å². The maximum absolute atomic E-state index is 12.7. The predicted molar refractivity (Wildman–Crippen MR) is 198 cm³/mol. The van der Waals surface area contributed by atoms with Gasteiger partial charge in [0.05, 0.1) is 39.9 Å². The third-order valence-corrected chi connectivity index (χ3v) is 9.07. The first kappa shape index (κ1) is 45.7. The quantitative estimate of drug-likeness (QED) is 0.0275. The molecule has 0 aliphatic rings. The molecule has 0 aliphatic carbocycles. The third-order valence-electron chi connectivity index (χ3n) is 8.09. The minimum Gasteiger partial charge on any atom is -0.387 e. The van der Waals surface area contributed by atoms with E-state index in [2.05, 4.69) is 43.5 Å². The minimum atomic E-state index is -4.34. The fourth-order valence-electron chi connectivity index (χ4n) is 5.01. The summed E-state index contributed by atoms with van der Waals surface area (Å²) in [5.74, 6) is -0.196. The molecule has 47 heavy (non-hydrogen) atoms. The van der Waals surface area contributed by atoms with Crippen LogP contribution in [-0.2, 0) is 18.4 Å². The number of nitrogens with zero attached hydrogens (tertiary/aromatic N) is 1. The Morgan fingerprint density at radius 3 is 1.70 bits per heavy atom. The SMILES string of the molecule is CCCCCC/C=C/CC/C=C/CC/C=C/C(O)C(COP(=O)(O)OCC[N+](C)(C)C)NC(=O)CCCCCCCCCCCCC. The molecule has 0 saturated heterocycles. The van der Waals surface area contributed by atoms with Crippen molar-refractivity contribution in [3.8, 4) is 0 Å². The van der Waals surface area contributed by atoms with Gasteiger partial charge in [0.2, 0.25) is 5.91 Å². The Kier molecular flexibility index (Phi) is 29.9. The van der Waals surface area contributed by atoms with Gasteiger partial charge in [-0.2, -0.15) is 0 Å². The van der Waals surface area contributed by atoms with E-state index < -0.39 is 20.0 Å². The number of hydrogen-bond acceptors (Lipinski definition) is 5. The number of rotatable bonds is 33. The molecule has 3 atom stereocenters. The van der Waals surface area contributed by atoms with Crippen LogP contribution in [0, 0.1) is 0 Å². The summed E-state index contributed by atoms with van der Waals surface area (Å²) >= 11 is 0. The molecule has 8 nitrogen and oxygen atoms in total. The van der Waals surface area contributed by atoms with Crippen molar-refractivity contribution < 1.29 is 32.9 Å². The van der Waals surface area contributed by atoms with Crippen molar-refractivity contribution in [3.05, 3.63) is 36.5 Å². The summed E-state index contributed by atoms with van der Waals surface area (Å²) in [6.07, 6.45) is 34.9. The lowest BCUT2D eigenvalue weighted by Gasteiger charge is -2.25. The number of amides is 1. The number of likely N-dealkylation sites (N-methyl/N-ethyl adjacent to an activating group) is 1. The summed E-state index contributed by atoms with van der Waals surface area (Å²) in [6.45, 7) is 4.72. The van der Waals surface area contributed by atoms with Gasteiger partial charge in [-0.05, 0) is 44.9 Å². The third kappa shape index (κ3) is 33.0. The van der Waals surface area contributed by atoms with Crippen molar-refractivity contribution in [1.29, 1.82) is 0 Å². The second-order valence-electron chi connectivity index (χ2n) is 13.9. The lowest BCUT2D eigenvalue weighted by Crippen LogP contribution is -2.45. The first-order valence-corrected chi connectivity index (χ1v) is 20.4. The van der Waals surface area contributed by atoms with E-state index in [0.717, 1.165) is 44.9 Å². The topological polar surface area (TPSA) is 105 Å². The summed E-state index contributed by atoms with van der Waals surface area (Å²) in [6, 6.07) is -0.863. The lowest BCUT2D eigenvalue weighted by atomic mass is 10.0. The van der Waals surface area contributed by atoms with Crippen LogP contribution in [0.3, 0.4) is 0 Å². The number of carbonyl (C=O) groups is 1. The predicted octanol–water partition coefficient (Wildman–Crippen LogP) is 9.57. The number of phosphoric acid groups is 1. The highest BCUT2D eigenvalue weighted by molar-refractivity contribution is 7.47. The molecule has 0 spiro atoms. The standard InChI is InChI=1S/C38H73N2O6P/c1-6-8-10-12-14-16-18-19-20-22-23-25-27-29-31-37(41)36(35-46-47(43,44)45-34-33-40(3,4)5)39-38(42)32-30-28-26-24-21-17-15-13-11-9-7-2/h16,18,22-23,29,31,36-37,41H,6-15,17,19-21,24-28,30,32-35H2,1-5H3,(H-,39,42,43,44)/p+1/b18-16+,23-22+,31-29+. The zero-order chi connectivity index (χ0) is 35.1. The number of aliphatic hydroxyl groups is 1. The van der Waals surface area contributed by atoms with Crippen LogP contribution in [0.1, 0.15) is 149 Å². The van der Waals surface area contributed by atoms with Crippen molar-refractivity contribution >= 4 is 13.7 Å². The highest BCUT2D eigenvalue weighted by Crippen LogP contribution is 2.43. The molecule has 0 rings (SSSR count). The van der Waals surface area contributed by atoms with Crippen molar-refractivity contribution in [1.82, 2.24) is 5.32 Å². The van der Waals surface area contributed by atoms with E-state index in [1.807, 2.05) is 27.2 Å². The Hall–Kier alpha value is -1.28. The molecule has 9 heteroatoms. The summed E-state index contributed by atoms with van der Waals surface area (Å²) in [7, 11) is 1.54. The number of unbranched alkanes of at least 4 members (excludes halogenated alkanes) is 16. The smallest absolute Gasteiger partial charge is 0.387 e. The van der Waals surface area contributed by atoms with Gasteiger partial charge in [0, 0.05) is 6.42 Å². The molecular weight excluding hydrogens is 611 g/mol. The van der Waals surface area contributed by atoms with Crippen LogP contribution in [0.5, 0.6) is 0 Å². The molecule has 276 valence electrons. The lowest BCUT2D eigenvalue weighted by molar-refractivity contribution is -0.870. The molecule has 3 unspecified atom stereocenters. The van der Waals surface area contributed by atoms with Gasteiger partial charge in [-0.3, -0.25) is 13.8 Å². The molecule has 0 heterocycles. The number of phosphoric ester groups is 1. The van der Waals surface area contributed by atoms with Gasteiger partial charge in [0.1, 0.15) is 13.2 Å². The molecular formula is C38H74N2O6P+. The Labute approximate surface area is 289 Å². The van der Waals surface area contributed by atoms with E-state index in [4.69, 9.17) is 9.05 Å². The van der Waals surface area contributed by atoms with Crippen molar-refractivity contribution in [2.75, 3.05) is 40.9 Å². The van der Waals surface area contributed by atoms with E-state index in [0.29, 0.717) is 17.4 Å². The highest BCUT2D eigenvalue weighted by atomic mass is 31.2. The number of quaternary nitrogens is 1. The van der Waals surface area contributed by atoms with Crippen LogP contribution in [-0.4, -0.2) is 73.4 Å². The molecule has 0 aromatic heterocycles. The minimum absolute atomic E-state index is 0.0540. The van der Waals surface area contributed by atoms with E-state index in [-0.39, 0.29) is 19.1 Å². The van der Waals surface area contributed by atoms with E-state index in [1.165, 1.54) is 83.5 Å². The number of allylic oxidation sites excluding steroid dienone is 5. The Bertz CT molecular complexity index is 871. The number of nitrogens with one attached hydrogen (secondary N) is 1. The second-order valence-corrected chi connectivity index (χ2v) is 15.4. The molecule has 1 amide bonds. The largest absolute Gasteiger partial charge is 0.472 e. The zero-order valence-corrected chi connectivity index (χ0v) is 31.9. The van der Waals surface area contributed by atoms with Crippen LogP contribution >= 0.6 is 7.82 Å². The number of aliphatic hydroxyl groups excluding tert-OH is 1. The van der Waals surface area contributed by atoms with Crippen LogP contribution in [0.2, 0.25) is 0 Å². The molecule has 0 bridgehead atoms. The Morgan fingerprint density at radius 1 is 0.702 bits per heavy atom. The summed E-state index contributed by atoms with van der Waals surface area (Å²) < 4.78 is 23.4. The maximum Gasteiger partial charge on any atom is 0.472 e. The first-order chi connectivity index (χ1) is 22.5. The van der Waals surface area contributed by atoms with Crippen molar-refractivity contribution in [2.45, 2.75) is 161 Å². The maximum atomic E-state index is 12.7. The molecule has 3 N–H and O–H groups in total. The van der Waals surface area contributed by atoms with Crippen LogP contribution in [0.4, 0.5) is 0 Å². The van der Waals surface area contributed by atoms with Gasteiger partial charge in [-0.25, -0.2) is 4.57 Å². The first-order valence-electron chi connectivity index (χ1n) is 18.9. The van der Waals surface area contributed by atoms with Gasteiger partial charge >= 0.3 is 7.82 Å². The Morgan fingerprint density at radius 2 is 1.17 bits per heavy atom. The second kappa shape index (κ2) is 30.8. The summed E-state index contributed by atoms with van der Waals surface area (Å²) in [5.41, 5.74) is 0. The summed E-state index contributed by atoms with van der Waals surface area (Å²) in [4.78, 5) is 22.9. The average molecular weight is 686 g/mol. The summed E-state index contributed by atoms with van der Waals surface area (Å²) in [5, 5.41) is 13.7. The van der Waals surface area contributed by atoms with Gasteiger partial charge in [-0.15, -0.1) is 0 Å². The average Bonchev–Trinajstić information content (AvgIpc) is 3.01. The van der Waals surface area contributed by atoms with Crippen LogP contribution in [0.25, 0.3) is 0 Å². The van der Waals surface area contributed by atoms with E-state index >= 15 is 0 Å². The van der Waals surface area contributed by atoms with E-state index in [9.17, 15) is 19.4 Å². The fraction of sp³-hybridized carbons (Fsp3) is 0.816. The Balaban J connectivity index is 4.64.